The van der Waals surface area contributed by atoms with Crippen molar-refractivity contribution < 1.29 is 4.79 Å². The Morgan fingerprint density at radius 2 is 1.80 bits per heavy atom. The third kappa shape index (κ3) is 5.57. The van der Waals surface area contributed by atoms with Gasteiger partial charge in [0.15, 0.2) is 0 Å². The zero-order chi connectivity index (χ0) is 17.5. The van der Waals surface area contributed by atoms with Gasteiger partial charge in [-0.1, -0.05) is 48.6 Å². The highest BCUT2D eigenvalue weighted by molar-refractivity contribution is 14.1. The molecule has 0 aliphatic carbocycles. The van der Waals surface area contributed by atoms with Gasteiger partial charge in [-0.15, -0.1) is 0 Å². The number of piperazine rings is 1. The Morgan fingerprint density at radius 1 is 1.04 bits per heavy atom. The highest BCUT2D eigenvalue weighted by Gasteiger charge is 2.20. The summed E-state index contributed by atoms with van der Waals surface area (Å²) in [5.41, 5.74) is 2.07. The fourth-order valence-electron chi connectivity index (χ4n) is 2.80. The van der Waals surface area contributed by atoms with Gasteiger partial charge in [-0.2, -0.15) is 0 Å². The zero-order valence-electron chi connectivity index (χ0n) is 14.1. The lowest BCUT2D eigenvalue weighted by Gasteiger charge is -2.34. The van der Waals surface area contributed by atoms with Crippen LogP contribution in [0.3, 0.4) is 0 Å². The van der Waals surface area contributed by atoms with Gasteiger partial charge in [0.1, 0.15) is 0 Å². The molecule has 25 heavy (non-hydrogen) atoms. The summed E-state index contributed by atoms with van der Waals surface area (Å²) in [6.07, 6.45) is 4.34. The first kappa shape index (κ1) is 17.9. The van der Waals surface area contributed by atoms with Gasteiger partial charge >= 0.3 is 6.03 Å². The number of carbonyl (C=O) groups excluding carboxylic acids is 1. The van der Waals surface area contributed by atoms with Crippen LogP contribution in [0.25, 0.3) is 6.08 Å². The summed E-state index contributed by atoms with van der Waals surface area (Å²) in [6, 6.07) is 18.2. The van der Waals surface area contributed by atoms with Crippen molar-refractivity contribution in [1.82, 2.24) is 9.80 Å². The van der Waals surface area contributed by atoms with Crippen LogP contribution in [0.15, 0.2) is 60.7 Å². The van der Waals surface area contributed by atoms with Crippen LogP contribution in [0.2, 0.25) is 0 Å². The number of halogens is 1. The molecule has 1 N–H and O–H groups in total. The van der Waals surface area contributed by atoms with Crippen molar-refractivity contribution in [3.8, 4) is 0 Å². The lowest BCUT2D eigenvalue weighted by atomic mass is 10.2. The van der Waals surface area contributed by atoms with Gasteiger partial charge < -0.3 is 10.2 Å². The molecule has 0 atom stereocenters. The molecule has 1 fully saturated rings. The molecule has 1 saturated heterocycles. The molecular weight excluding hydrogens is 425 g/mol. The van der Waals surface area contributed by atoms with Gasteiger partial charge in [0, 0.05) is 42.0 Å². The molecule has 4 nitrogen and oxygen atoms in total. The summed E-state index contributed by atoms with van der Waals surface area (Å²) in [7, 11) is 0. The number of amides is 2. The molecule has 0 saturated carbocycles. The van der Waals surface area contributed by atoms with Crippen molar-refractivity contribution in [3.63, 3.8) is 0 Å². The van der Waals surface area contributed by atoms with E-state index in [0.29, 0.717) is 0 Å². The van der Waals surface area contributed by atoms with Crippen molar-refractivity contribution in [2.45, 2.75) is 0 Å². The minimum absolute atomic E-state index is 0.0125. The Morgan fingerprint density at radius 3 is 2.52 bits per heavy atom. The van der Waals surface area contributed by atoms with Crippen molar-refractivity contribution in [1.29, 1.82) is 0 Å². The average molecular weight is 447 g/mol. The van der Waals surface area contributed by atoms with Crippen LogP contribution in [0, 0.1) is 3.57 Å². The standard InChI is InChI=1S/C20H22IN3O/c21-18-9-4-10-19(16-18)22-20(25)24-14-12-23(13-15-24)11-5-8-17-6-2-1-3-7-17/h1-10,16H,11-15H2,(H,22,25)/b8-5-. The van der Waals surface area contributed by atoms with E-state index in [2.05, 4.69) is 57.1 Å². The number of anilines is 1. The van der Waals surface area contributed by atoms with Crippen LogP contribution >= 0.6 is 22.6 Å². The normalized spacial score (nSPS) is 15.5. The van der Waals surface area contributed by atoms with Crippen LogP contribution in [0.1, 0.15) is 5.56 Å². The van der Waals surface area contributed by atoms with Crippen molar-refractivity contribution in [2.75, 3.05) is 38.0 Å². The molecule has 1 heterocycles. The first-order valence-corrected chi connectivity index (χ1v) is 9.54. The fourth-order valence-corrected chi connectivity index (χ4v) is 3.35. The monoisotopic (exact) mass is 447 g/mol. The Kier molecular flexibility index (Phi) is 6.47. The number of hydrogen-bond donors (Lipinski definition) is 1. The molecule has 3 rings (SSSR count). The smallest absolute Gasteiger partial charge is 0.321 e. The van der Waals surface area contributed by atoms with E-state index in [1.807, 2.05) is 47.4 Å². The number of urea groups is 1. The maximum atomic E-state index is 12.4. The Balaban J connectivity index is 1.43. The number of rotatable bonds is 4. The van der Waals surface area contributed by atoms with Crippen molar-refractivity contribution in [3.05, 3.63) is 69.8 Å². The maximum Gasteiger partial charge on any atom is 0.321 e. The molecule has 5 heteroatoms. The highest BCUT2D eigenvalue weighted by Crippen LogP contribution is 2.13. The Hall–Kier alpha value is -1.86. The van der Waals surface area contributed by atoms with E-state index < -0.39 is 0 Å². The van der Waals surface area contributed by atoms with Crippen LogP contribution < -0.4 is 5.32 Å². The number of nitrogens with one attached hydrogen (secondary N) is 1. The molecule has 130 valence electrons. The molecule has 0 unspecified atom stereocenters. The topological polar surface area (TPSA) is 35.6 Å². The molecular formula is C20H22IN3O. The fraction of sp³-hybridized carbons (Fsp3) is 0.250. The van der Waals surface area contributed by atoms with Gasteiger partial charge in [-0.3, -0.25) is 4.90 Å². The summed E-state index contributed by atoms with van der Waals surface area (Å²) < 4.78 is 1.12. The van der Waals surface area contributed by atoms with Gasteiger partial charge in [0.05, 0.1) is 0 Å². The summed E-state index contributed by atoms with van der Waals surface area (Å²) in [4.78, 5) is 16.6. The summed E-state index contributed by atoms with van der Waals surface area (Å²) in [6.45, 7) is 4.24. The lowest BCUT2D eigenvalue weighted by molar-refractivity contribution is 0.156. The van der Waals surface area contributed by atoms with Gasteiger partial charge in [0.25, 0.3) is 0 Å². The summed E-state index contributed by atoms with van der Waals surface area (Å²) in [5, 5.41) is 2.98. The highest BCUT2D eigenvalue weighted by atomic mass is 127. The number of nitrogens with zero attached hydrogens (tertiary/aromatic N) is 2. The second-order valence-electron chi connectivity index (χ2n) is 6.04. The first-order valence-electron chi connectivity index (χ1n) is 8.46. The quantitative estimate of drug-likeness (QED) is 0.715. The third-order valence-electron chi connectivity index (χ3n) is 4.21. The predicted octanol–water partition coefficient (Wildman–Crippen LogP) is 4.15. The van der Waals surface area contributed by atoms with Crippen molar-refractivity contribution in [2.24, 2.45) is 0 Å². The predicted molar refractivity (Wildman–Crippen MR) is 112 cm³/mol. The van der Waals surface area contributed by atoms with Gasteiger partial charge in [-0.05, 0) is 46.4 Å². The van der Waals surface area contributed by atoms with Crippen LogP contribution in [-0.4, -0.2) is 48.6 Å². The van der Waals surface area contributed by atoms with Gasteiger partial charge in [0.2, 0.25) is 0 Å². The van der Waals surface area contributed by atoms with E-state index in [-0.39, 0.29) is 6.03 Å². The molecule has 1 aliphatic heterocycles. The van der Waals surface area contributed by atoms with Gasteiger partial charge in [-0.25, -0.2) is 4.79 Å². The summed E-state index contributed by atoms with van der Waals surface area (Å²) >= 11 is 2.25. The first-order chi connectivity index (χ1) is 12.2. The van der Waals surface area contributed by atoms with E-state index >= 15 is 0 Å². The van der Waals surface area contributed by atoms with E-state index in [1.165, 1.54) is 5.56 Å². The number of hydrogen-bond acceptors (Lipinski definition) is 2. The SMILES string of the molecule is O=C(Nc1cccc(I)c1)N1CCN(C/C=C\c2ccccc2)CC1. The third-order valence-corrected chi connectivity index (χ3v) is 4.88. The lowest BCUT2D eigenvalue weighted by Crippen LogP contribution is -2.49. The Bertz CT molecular complexity index is 725. The molecule has 1 aliphatic rings. The van der Waals surface area contributed by atoms with E-state index in [1.54, 1.807) is 0 Å². The van der Waals surface area contributed by atoms with E-state index in [9.17, 15) is 4.79 Å². The van der Waals surface area contributed by atoms with Crippen LogP contribution in [0.4, 0.5) is 10.5 Å². The van der Waals surface area contributed by atoms with Crippen molar-refractivity contribution >= 4 is 40.4 Å². The molecule has 0 aromatic heterocycles. The Labute approximate surface area is 162 Å². The van der Waals surface area contributed by atoms with Crippen LogP contribution in [-0.2, 0) is 0 Å². The number of benzene rings is 2. The zero-order valence-corrected chi connectivity index (χ0v) is 16.2. The molecule has 0 spiro atoms. The molecule has 2 aromatic rings. The largest absolute Gasteiger partial charge is 0.322 e. The molecule has 2 aromatic carbocycles. The molecule has 0 radical (unpaired) electrons. The number of carbonyl (C=O) groups is 1. The average Bonchev–Trinajstić information content (AvgIpc) is 2.63. The summed E-state index contributed by atoms with van der Waals surface area (Å²) in [5.74, 6) is 0. The molecule has 0 bridgehead atoms. The maximum absolute atomic E-state index is 12.4. The minimum atomic E-state index is -0.0125. The minimum Gasteiger partial charge on any atom is -0.322 e. The van der Waals surface area contributed by atoms with Crippen LogP contribution in [0.5, 0.6) is 0 Å². The second-order valence-corrected chi connectivity index (χ2v) is 7.29. The second kappa shape index (κ2) is 9.01. The molecule has 2 amide bonds. The van der Waals surface area contributed by atoms with E-state index in [4.69, 9.17) is 0 Å². The van der Waals surface area contributed by atoms with E-state index in [0.717, 1.165) is 42.0 Å².